The number of hydrogen-bond donors (Lipinski definition) is 1. The van der Waals surface area contributed by atoms with Crippen LogP contribution in [0.4, 0.5) is 0 Å². The third-order valence-electron chi connectivity index (χ3n) is 5.20. The fourth-order valence-electron chi connectivity index (χ4n) is 3.85. The number of amides is 1. The summed E-state index contributed by atoms with van der Waals surface area (Å²) >= 11 is 0. The third kappa shape index (κ3) is 7.35. The van der Waals surface area contributed by atoms with Gasteiger partial charge in [-0.1, -0.05) is 36.4 Å². The normalized spacial score (nSPS) is 19.2. The lowest BCUT2D eigenvalue weighted by Crippen LogP contribution is -2.44. The van der Waals surface area contributed by atoms with E-state index in [9.17, 15) is 4.79 Å². The Hall–Kier alpha value is -2.41. The maximum Gasteiger partial charge on any atom is 0.255 e. The van der Waals surface area contributed by atoms with Crippen molar-refractivity contribution >= 4 is 5.91 Å². The van der Waals surface area contributed by atoms with Crippen molar-refractivity contribution in [1.29, 1.82) is 0 Å². The molecule has 1 fully saturated rings. The molecule has 0 spiro atoms. The lowest BCUT2D eigenvalue weighted by Gasteiger charge is -2.35. The number of ether oxygens (including phenoxy) is 3. The van der Waals surface area contributed by atoms with E-state index in [0.717, 1.165) is 25.2 Å². The first-order valence-corrected chi connectivity index (χ1v) is 11.1. The molecule has 168 valence electrons. The fraction of sp³-hybridized carbons (Fsp3) is 0.480. The molecule has 31 heavy (non-hydrogen) atoms. The van der Waals surface area contributed by atoms with Crippen LogP contribution in [-0.4, -0.2) is 55.9 Å². The van der Waals surface area contributed by atoms with Gasteiger partial charge in [-0.25, -0.2) is 0 Å². The molecule has 6 heteroatoms. The molecule has 2 unspecified atom stereocenters. The van der Waals surface area contributed by atoms with Gasteiger partial charge in [0.15, 0.2) is 0 Å². The molecular formula is C25H34N2O4. The summed E-state index contributed by atoms with van der Waals surface area (Å²) in [5.74, 6) is 0.427. The van der Waals surface area contributed by atoms with Gasteiger partial charge in [-0.2, -0.15) is 0 Å². The molecule has 1 amide bonds. The van der Waals surface area contributed by atoms with Gasteiger partial charge in [0, 0.05) is 32.8 Å². The van der Waals surface area contributed by atoms with Crippen LogP contribution in [0.2, 0.25) is 0 Å². The fourth-order valence-corrected chi connectivity index (χ4v) is 3.85. The molecule has 1 N–H and O–H groups in total. The standard InChI is InChI=1S/C25H34N2O4/c1-4-29-13-14-30-24-8-6-5-7-23(24)25(28)26-15-21-9-11-22(12-10-21)18-27-16-19(2)31-20(3)17-27/h5-12,19-20H,4,13-18H2,1-3H3,(H,26,28). The minimum Gasteiger partial charge on any atom is -0.490 e. The number of hydrogen-bond acceptors (Lipinski definition) is 5. The van der Waals surface area contributed by atoms with Crippen LogP contribution in [-0.2, 0) is 22.6 Å². The van der Waals surface area contributed by atoms with Crippen LogP contribution in [0.25, 0.3) is 0 Å². The first-order valence-electron chi connectivity index (χ1n) is 11.1. The predicted octanol–water partition coefficient (Wildman–Crippen LogP) is 3.64. The summed E-state index contributed by atoms with van der Waals surface area (Å²) in [6.45, 7) is 11.0. The smallest absolute Gasteiger partial charge is 0.255 e. The van der Waals surface area contributed by atoms with Crippen LogP contribution in [0, 0.1) is 0 Å². The van der Waals surface area contributed by atoms with Crippen LogP contribution in [0.15, 0.2) is 48.5 Å². The van der Waals surface area contributed by atoms with Crippen molar-refractivity contribution in [1.82, 2.24) is 10.2 Å². The van der Waals surface area contributed by atoms with E-state index in [4.69, 9.17) is 14.2 Å². The Bertz CT molecular complexity index is 815. The number of morpholine rings is 1. The van der Waals surface area contributed by atoms with E-state index >= 15 is 0 Å². The maximum atomic E-state index is 12.7. The number of benzene rings is 2. The number of carbonyl (C=O) groups is 1. The molecule has 1 aliphatic rings. The predicted molar refractivity (Wildman–Crippen MR) is 121 cm³/mol. The van der Waals surface area contributed by atoms with Gasteiger partial charge in [-0.05, 0) is 44.0 Å². The Morgan fingerprint density at radius 2 is 1.71 bits per heavy atom. The molecule has 0 aliphatic carbocycles. The molecule has 1 aliphatic heterocycles. The zero-order valence-corrected chi connectivity index (χ0v) is 18.8. The van der Waals surface area contributed by atoms with Crippen LogP contribution in [0.3, 0.4) is 0 Å². The van der Waals surface area contributed by atoms with Crippen LogP contribution in [0.1, 0.15) is 42.3 Å². The number of carbonyl (C=O) groups excluding carboxylic acids is 1. The zero-order chi connectivity index (χ0) is 22.1. The van der Waals surface area contributed by atoms with E-state index < -0.39 is 0 Å². The van der Waals surface area contributed by atoms with E-state index in [2.05, 4.69) is 48.3 Å². The first-order chi connectivity index (χ1) is 15.0. The molecule has 2 atom stereocenters. The molecular weight excluding hydrogens is 392 g/mol. The van der Waals surface area contributed by atoms with E-state index in [1.807, 2.05) is 25.1 Å². The van der Waals surface area contributed by atoms with Crippen LogP contribution in [0.5, 0.6) is 5.75 Å². The van der Waals surface area contributed by atoms with Crippen molar-refractivity contribution in [3.05, 3.63) is 65.2 Å². The summed E-state index contributed by atoms with van der Waals surface area (Å²) < 4.78 is 16.8. The molecule has 0 bridgehead atoms. The van der Waals surface area contributed by atoms with Gasteiger partial charge < -0.3 is 19.5 Å². The number of para-hydroxylation sites is 1. The van der Waals surface area contributed by atoms with Gasteiger partial charge in [0.25, 0.3) is 5.91 Å². The quantitative estimate of drug-likeness (QED) is 0.588. The Morgan fingerprint density at radius 3 is 2.42 bits per heavy atom. The topological polar surface area (TPSA) is 60.0 Å². The number of rotatable bonds is 10. The average Bonchev–Trinajstić information content (AvgIpc) is 2.75. The van der Waals surface area contributed by atoms with Crippen molar-refractivity contribution < 1.29 is 19.0 Å². The molecule has 2 aromatic rings. The Balaban J connectivity index is 1.50. The summed E-state index contributed by atoms with van der Waals surface area (Å²) in [5, 5.41) is 2.99. The Labute approximate surface area is 185 Å². The molecule has 0 radical (unpaired) electrons. The highest BCUT2D eigenvalue weighted by molar-refractivity contribution is 5.96. The van der Waals surface area contributed by atoms with Crippen molar-refractivity contribution in [2.24, 2.45) is 0 Å². The highest BCUT2D eigenvalue weighted by Crippen LogP contribution is 2.18. The molecule has 6 nitrogen and oxygen atoms in total. The summed E-state index contributed by atoms with van der Waals surface area (Å²) in [4.78, 5) is 15.1. The second kappa shape index (κ2) is 11.8. The van der Waals surface area contributed by atoms with Gasteiger partial charge in [-0.3, -0.25) is 9.69 Å². The lowest BCUT2D eigenvalue weighted by molar-refractivity contribution is -0.0704. The summed E-state index contributed by atoms with van der Waals surface area (Å²) in [6, 6.07) is 15.7. The number of nitrogens with one attached hydrogen (secondary N) is 1. The van der Waals surface area contributed by atoms with Crippen molar-refractivity contribution in [3.63, 3.8) is 0 Å². The molecule has 3 rings (SSSR count). The van der Waals surface area contributed by atoms with Gasteiger partial charge in [0.05, 0.1) is 24.4 Å². The summed E-state index contributed by atoms with van der Waals surface area (Å²) in [5.41, 5.74) is 2.87. The van der Waals surface area contributed by atoms with Gasteiger partial charge >= 0.3 is 0 Å². The highest BCUT2D eigenvalue weighted by Gasteiger charge is 2.22. The minimum atomic E-state index is -0.146. The minimum absolute atomic E-state index is 0.146. The SMILES string of the molecule is CCOCCOc1ccccc1C(=O)NCc1ccc(CN2CC(C)OC(C)C2)cc1. The number of nitrogens with zero attached hydrogens (tertiary/aromatic N) is 1. The summed E-state index contributed by atoms with van der Waals surface area (Å²) in [6.07, 6.45) is 0.536. The molecule has 1 heterocycles. The lowest BCUT2D eigenvalue weighted by atomic mass is 10.1. The maximum absolute atomic E-state index is 12.7. The second-order valence-electron chi connectivity index (χ2n) is 7.99. The van der Waals surface area contributed by atoms with Gasteiger partial charge in [-0.15, -0.1) is 0 Å². The van der Waals surface area contributed by atoms with Gasteiger partial charge in [0.2, 0.25) is 0 Å². The second-order valence-corrected chi connectivity index (χ2v) is 7.99. The highest BCUT2D eigenvalue weighted by atomic mass is 16.5. The average molecular weight is 427 g/mol. The van der Waals surface area contributed by atoms with Crippen molar-refractivity contribution in [2.45, 2.75) is 46.1 Å². The van der Waals surface area contributed by atoms with Crippen LogP contribution < -0.4 is 10.1 Å². The van der Waals surface area contributed by atoms with E-state index in [1.165, 1.54) is 5.56 Å². The molecule has 1 saturated heterocycles. The first kappa shape index (κ1) is 23.3. The van der Waals surface area contributed by atoms with E-state index in [1.54, 1.807) is 6.07 Å². The molecule has 0 aromatic heterocycles. The zero-order valence-electron chi connectivity index (χ0n) is 18.8. The van der Waals surface area contributed by atoms with E-state index in [-0.39, 0.29) is 18.1 Å². The third-order valence-corrected chi connectivity index (χ3v) is 5.20. The Morgan fingerprint density at radius 1 is 1.03 bits per heavy atom. The largest absolute Gasteiger partial charge is 0.490 e. The van der Waals surface area contributed by atoms with Crippen molar-refractivity contribution in [3.8, 4) is 5.75 Å². The van der Waals surface area contributed by atoms with E-state index in [0.29, 0.717) is 37.7 Å². The monoisotopic (exact) mass is 426 g/mol. The summed E-state index contributed by atoms with van der Waals surface area (Å²) in [7, 11) is 0. The van der Waals surface area contributed by atoms with Crippen LogP contribution >= 0.6 is 0 Å². The molecule has 0 saturated carbocycles. The van der Waals surface area contributed by atoms with Gasteiger partial charge in [0.1, 0.15) is 12.4 Å². The molecule has 2 aromatic carbocycles. The Kier molecular flexibility index (Phi) is 8.88. The van der Waals surface area contributed by atoms with Crippen molar-refractivity contribution in [2.75, 3.05) is 32.9 Å².